The van der Waals surface area contributed by atoms with E-state index in [4.69, 9.17) is 4.42 Å². The number of rotatable bonds is 3. The van der Waals surface area contributed by atoms with Gasteiger partial charge in [0.1, 0.15) is 17.1 Å². The van der Waals surface area contributed by atoms with Crippen molar-refractivity contribution in [1.82, 2.24) is 0 Å². The highest BCUT2D eigenvalue weighted by Gasteiger charge is 2.19. The highest BCUT2D eigenvalue weighted by molar-refractivity contribution is 7.10. The van der Waals surface area contributed by atoms with Crippen molar-refractivity contribution in [1.29, 1.82) is 0 Å². The van der Waals surface area contributed by atoms with Crippen molar-refractivity contribution in [2.24, 2.45) is 0 Å². The minimum Gasteiger partial charge on any atom is -0.507 e. The predicted molar refractivity (Wildman–Crippen MR) is 73.7 cm³/mol. The van der Waals surface area contributed by atoms with E-state index < -0.39 is 11.4 Å². The first-order valence-electron chi connectivity index (χ1n) is 5.59. The first-order chi connectivity index (χ1) is 8.99. The molecule has 0 radical (unpaired) electrons. The van der Waals surface area contributed by atoms with E-state index in [0.717, 1.165) is 4.88 Å². The van der Waals surface area contributed by atoms with Gasteiger partial charge in [0.05, 0.1) is 0 Å². The number of aryl methyl sites for hydroxylation is 1. The van der Waals surface area contributed by atoms with Crippen LogP contribution in [-0.4, -0.2) is 10.9 Å². The molecule has 0 aromatic carbocycles. The van der Waals surface area contributed by atoms with E-state index in [2.05, 4.69) is 0 Å². The van der Waals surface area contributed by atoms with Crippen LogP contribution in [0.5, 0.6) is 5.75 Å². The van der Waals surface area contributed by atoms with E-state index in [1.807, 2.05) is 17.5 Å². The van der Waals surface area contributed by atoms with Crippen molar-refractivity contribution in [3.63, 3.8) is 0 Å². The molecule has 2 aromatic rings. The smallest absolute Gasteiger partial charge is 0.351 e. The van der Waals surface area contributed by atoms with Crippen LogP contribution < -0.4 is 5.63 Å². The second-order valence-electron chi connectivity index (χ2n) is 4.08. The van der Waals surface area contributed by atoms with Crippen molar-refractivity contribution in [2.75, 3.05) is 0 Å². The Morgan fingerprint density at radius 1 is 1.47 bits per heavy atom. The number of ketones is 1. The van der Waals surface area contributed by atoms with Gasteiger partial charge < -0.3 is 9.52 Å². The normalized spacial score (nSPS) is 11.6. The van der Waals surface area contributed by atoms with E-state index in [1.165, 1.54) is 24.3 Å². The summed E-state index contributed by atoms with van der Waals surface area (Å²) in [6.07, 6.45) is 1.67. The average molecular weight is 276 g/mol. The molecule has 0 aliphatic rings. The summed E-state index contributed by atoms with van der Waals surface area (Å²) >= 11 is 1.48. The molecule has 0 saturated carbocycles. The zero-order valence-corrected chi connectivity index (χ0v) is 11.3. The molecule has 2 aromatic heterocycles. The van der Waals surface area contributed by atoms with Crippen LogP contribution in [0.3, 0.4) is 0 Å². The quantitative estimate of drug-likeness (QED) is 0.691. The number of hydrogen-bond donors (Lipinski definition) is 1. The summed E-state index contributed by atoms with van der Waals surface area (Å²) in [4.78, 5) is 24.7. The predicted octanol–water partition coefficient (Wildman–Crippen LogP) is 3.00. The number of aromatic hydroxyl groups is 1. The highest BCUT2D eigenvalue weighted by atomic mass is 32.1. The Morgan fingerprint density at radius 3 is 2.79 bits per heavy atom. The Labute approximate surface area is 113 Å². The lowest BCUT2D eigenvalue weighted by Crippen LogP contribution is -2.15. The van der Waals surface area contributed by atoms with Gasteiger partial charge in [0.2, 0.25) is 0 Å². The van der Waals surface area contributed by atoms with E-state index in [-0.39, 0.29) is 17.1 Å². The number of thiophene rings is 1. The highest BCUT2D eigenvalue weighted by Crippen LogP contribution is 2.20. The fourth-order valence-electron chi connectivity index (χ4n) is 1.65. The van der Waals surface area contributed by atoms with Crippen LogP contribution in [0.4, 0.5) is 0 Å². The van der Waals surface area contributed by atoms with Gasteiger partial charge in [-0.1, -0.05) is 6.07 Å². The largest absolute Gasteiger partial charge is 0.507 e. The number of carbonyl (C=O) groups is 1. The molecule has 0 amide bonds. The lowest BCUT2D eigenvalue weighted by Gasteiger charge is -2.03. The van der Waals surface area contributed by atoms with Crippen molar-refractivity contribution in [3.8, 4) is 5.75 Å². The Morgan fingerprint density at radius 2 is 2.21 bits per heavy atom. The SMILES string of the molecule is C/C(=C\c1cccs1)C(=O)c1c(O)cc(C)oc1=O. The molecule has 0 bridgehead atoms. The van der Waals surface area contributed by atoms with Crippen LogP contribution in [-0.2, 0) is 0 Å². The molecule has 2 rings (SSSR count). The van der Waals surface area contributed by atoms with Crippen LogP contribution in [0.15, 0.2) is 38.4 Å². The zero-order valence-electron chi connectivity index (χ0n) is 10.5. The van der Waals surface area contributed by atoms with Crippen LogP contribution in [0.2, 0.25) is 0 Å². The molecule has 19 heavy (non-hydrogen) atoms. The summed E-state index contributed by atoms with van der Waals surface area (Å²) in [5, 5.41) is 11.6. The molecule has 2 heterocycles. The van der Waals surface area contributed by atoms with Gasteiger partial charge in [0.15, 0.2) is 5.78 Å². The monoisotopic (exact) mass is 276 g/mol. The zero-order chi connectivity index (χ0) is 14.0. The van der Waals surface area contributed by atoms with Crippen molar-refractivity contribution in [3.05, 3.63) is 55.8 Å². The summed E-state index contributed by atoms with van der Waals surface area (Å²) in [6, 6.07) is 4.98. The van der Waals surface area contributed by atoms with Gasteiger partial charge in [-0.25, -0.2) is 4.79 Å². The molecule has 0 aliphatic carbocycles. The molecule has 5 heteroatoms. The second kappa shape index (κ2) is 5.24. The Bertz CT molecular complexity index is 693. The minimum absolute atomic E-state index is 0.263. The summed E-state index contributed by atoms with van der Waals surface area (Å²) in [5.41, 5.74) is -0.772. The fourth-order valence-corrected chi connectivity index (χ4v) is 2.37. The van der Waals surface area contributed by atoms with Gasteiger partial charge in [-0.15, -0.1) is 11.3 Å². The standard InChI is InChI=1S/C14H12O4S/c1-8(6-10-4-3-5-19-10)13(16)12-11(15)7-9(2)18-14(12)17/h3-7,15H,1-2H3/b8-6+. The summed E-state index contributed by atoms with van der Waals surface area (Å²) < 4.78 is 4.83. The Hall–Kier alpha value is -2.14. The van der Waals surface area contributed by atoms with E-state index in [1.54, 1.807) is 13.0 Å². The molecule has 0 aliphatic heterocycles. The van der Waals surface area contributed by atoms with Crippen LogP contribution in [0.1, 0.15) is 27.9 Å². The molecule has 0 fully saturated rings. The van der Waals surface area contributed by atoms with Crippen molar-refractivity contribution >= 4 is 23.2 Å². The Kier molecular flexibility index (Phi) is 3.66. The maximum absolute atomic E-state index is 12.1. The van der Waals surface area contributed by atoms with Crippen molar-refractivity contribution < 1.29 is 14.3 Å². The van der Waals surface area contributed by atoms with Gasteiger partial charge in [-0.2, -0.15) is 0 Å². The molecule has 98 valence electrons. The van der Waals surface area contributed by atoms with Gasteiger partial charge in [0, 0.05) is 10.9 Å². The van der Waals surface area contributed by atoms with E-state index >= 15 is 0 Å². The number of allylic oxidation sites excluding steroid dienone is 1. The maximum Gasteiger partial charge on any atom is 0.351 e. The van der Waals surface area contributed by atoms with Gasteiger partial charge in [-0.05, 0) is 36.9 Å². The molecule has 0 spiro atoms. The molecule has 4 nitrogen and oxygen atoms in total. The van der Waals surface area contributed by atoms with Crippen molar-refractivity contribution in [2.45, 2.75) is 13.8 Å². The average Bonchev–Trinajstić information content (AvgIpc) is 2.80. The molecule has 0 saturated heterocycles. The van der Waals surface area contributed by atoms with Gasteiger partial charge in [-0.3, -0.25) is 4.79 Å². The number of carbonyl (C=O) groups excluding carboxylic acids is 1. The lowest BCUT2D eigenvalue weighted by atomic mass is 10.1. The summed E-state index contributed by atoms with van der Waals surface area (Å²) in [6.45, 7) is 3.13. The topological polar surface area (TPSA) is 67.5 Å². The maximum atomic E-state index is 12.1. The molecular weight excluding hydrogens is 264 g/mol. The molecule has 0 unspecified atom stereocenters. The molecular formula is C14H12O4S. The third-order valence-corrected chi connectivity index (χ3v) is 3.36. The molecule has 1 N–H and O–H groups in total. The van der Waals surface area contributed by atoms with Gasteiger partial charge >= 0.3 is 5.63 Å². The van der Waals surface area contributed by atoms with Crippen LogP contribution >= 0.6 is 11.3 Å². The fraction of sp³-hybridized carbons (Fsp3) is 0.143. The third kappa shape index (κ3) is 2.82. The number of Topliss-reactive ketones (excluding diaryl/α,β-unsaturated/α-hetero) is 1. The lowest BCUT2D eigenvalue weighted by molar-refractivity contribution is 0.102. The first-order valence-corrected chi connectivity index (χ1v) is 6.47. The van der Waals surface area contributed by atoms with E-state index in [0.29, 0.717) is 5.57 Å². The molecule has 0 atom stereocenters. The number of hydrogen-bond acceptors (Lipinski definition) is 5. The second-order valence-corrected chi connectivity index (χ2v) is 5.06. The van der Waals surface area contributed by atoms with Crippen LogP contribution in [0, 0.1) is 6.92 Å². The van der Waals surface area contributed by atoms with Gasteiger partial charge in [0.25, 0.3) is 0 Å². The summed E-state index contributed by atoms with van der Waals surface area (Å²) in [7, 11) is 0. The minimum atomic E-state index is -0.818. The summed E-state index contributed by atoms with van der Waals surface area (Å²) in [5.74, 6) is -0.615. The first kappa shape index (κ1) is 13.3. The van der Waals surface area contributed by atoms with Crippen LogP contribution in [0.25, 0.3) is 6.08 Å². The van der Waals surface area contributed by atoms with E-state index in [9.17, 15) is 14.7 Å². The Balaban J connectivity index is 2.43. The third-order valence-electron chi connectivity index (χ3n) is 2.54.